The summed E-state index contributed by atoms with van der Waals surface area (Å²) in [6, 6.07) is 0. The first-order valence-corrected chi connectivity index (χ1v) is 5.01. The van der Waals surface area contributed by atoms with Gasteiger partial charge in [-0.2, -0.15) is 0 Å². The van der Waals surface area contributed by atoms with Crippen molar-refractivity contribution in [3.05, 3.63) is 6.92 Å². The van der Waals surface area contributed by atoms with Gasteiger partial charge in [-0.1, -0.05) is 34.1 Å². The van der Waals surface area contributed by atoms with Crippen LogP contribution in [0.15, 0.2) is 0 Å². The van der Waals surface area contributed by atoms with Gasteiger partial charge in [0.2, 0.25) is 0 Å². The van der Waals surface area contributed by atoms with Crippen molar-refractivity contribution in [2.24, 2.45) is 11.8 Å². The lowest BCUT2D eigenvalue weighted by molar-refractivity contribution is -0.150. The summed E-state index contributed by atoms with van der Waals surface area (Å²) < 4.78 is 5.22. The largest absolute Gasteiger partial charge is 0.462 e. The molecule has 0 aromatic heterocycles. The summed E-state index contributed by atoms with van der Waals surface area (Å²) in [5.41, 5.74) is 0. The van der Waals surface area contributed by atoms with Crippen molar-refractivity contribution >= 4 is 5.97 Å². The van der Waals surface area contributed by atoms with Gasteiger partial charge < -0.3 is 4.74 Å². The normalized spacial score (nSPS) is 17.6. The van der Waals surface area contributed by atoms with Gasteiger partial charge in [-0.05, 0) is 18.8 Å². The Kier molecular flexibility index (Phi) is 5.76. The fraction of sp³-hybridized carbons (Fsp3) is 0.818. The Bertz CT molecular complexity index is 154. The second-order valence-electron chi connectivity index (χ2n) is 3.67. The van der Waals surface area contributed by atoms with Crippen LogP contribution in [0, 0.1) is 18.8 Å². The predicted molar refractivity (Wildman–Crippen MR) is 54.1 cm³/mol. The van der Waals surface area contributed by atoms with Crippen LogP contribution in [-0.2, 0) is 9.53 Å². The third kappa shape index (κ3) is 4.30. The molecule has 1 radical (unpaired) electrons. The maximum Gasteiger partial charge on any atom is 0.305 e. The molecular formula is C11H21O2. The quantitative estimate of drug-likeness (QED) is 0.616. The zero-order chi connectivity index (χ0) is 10.4. The van der Waals surface area contributed by atoms with Crippen LogP contribution in [0.2, 0.25) is 0 Å². The molecule has 3 unspecified atom stereocenters. The maximum absolute atomic E-state index is 11.0. The molecule has 0 spiro atoms. The van der Waals surface area contributed by atoms with Crippen LogP contribution in [0.5, 0.6) is 0 Å². The number of hydrogen-bond donors (Lipinski definition) is 0. The van der Waals surface area contributed by atoms with E-state index in [4.69, 9.17) is 4.74 Å². The Labute approximate surface area is 81.7 Å². The molecule has 0 N–H and O–H groups in total. The summed E-state index contributed by atoms with van der Waals surface area (Å²) in [6.45, 7) is 11.8. The minimum Gasteiger partial charge on any atom is -0.462 e. The lowest BCUT2D eigenvalue weighted by Crippen LogP contribution is -2.26. The lowest BCUT2D eigenvalue weighted by Gasteiger charge is -2.24. The molecular weight excluding hydrogens is 164 g/mol. The molecule has 3 atom stereocenters. The van der Waals surface area contributed by atoms with Crippen molar-refractivity contribution in [2.45, 2.75) is 46.6 Å². The van der Waals surface area contributed by atoms with E-state index in [1.807, 2.05) is 13.8 Å². The van der Waals surface area contributed by atoms with Gasteiger partial charge in [0, 0.05) is 6.42 Å². The van der Waals surface area contributed by atoms with Crippen LogP contribution < -0.4 is 0 Å². The highest BCUT2D eigenvalue weighted by atomic mass is 16.5. The molecule has 0 fully saturated rings. The summed E-state index contributed by atoms with van der Waals surface area (Å²) in [4.78, 5) is 11.0. The Morgan fingerprint density at radius 3 is 2.31 bits per heavy atom. The van der Waals surface area contributed by atoms with Crippen LogP contribution >= 0.6 is 0 Å². The third-order valence-electron chi connectivity index (χ3n) is 2.70. The zero-order valence-electron chi connectivity index (χ0n) is 9.17. The first kappa shape index (κ1) is 12.5. The first-order valence-electron chi connectivity index (χ1n) is 5.01. The fourth-order valence-corrected chi connectivity index (χ4v) is 1.12. The number of rotatable bonds is 5. The minimum atomic E-state index is -0.115. The maximum atomic E-state index is 11.0. The van der Waals surface area contributed by atoms with Crippen molar-refractivity contribution in [3.63, 3.8) is 0 Å². The standard InChI is InChI=1S/C11H21O2/c1-6-8(3)9(4)10(5)13-11(12)7-2/h8-10H,1,6-7H2,2-5H3. The van der Waals surface area contributed by atoms with E-state index in [2.05, 4.69) is 20.8 Å². The van der Waals surface area contributed by atoms with Crippen LogP contribution in [0.25, 0.3) is 0 Å². The fourth-order valence-electron chi connectivity index (χ4n) is 1.12. The van der Waals surface area contributed by atoms with E-state index in [0.717, 1.165) is 6.42 Å². The van der Waals surface area contributed by atoms with E-state index in [-0.39, 0.29) is 12.1 Å². The smallest absolute Gasteiger partial charge is 0.305 e. The summed E-state index contributed by atoms with van der Waals surface area (Å²) in [5, 5.41) is 0. The van der Waals surface area contributed by atoms with Gasteiger partial charge in [-0.3, -0.25) is 4.79 Å². The van der Waals surface area contributed by atoms with E-state index in [1.54, 1.807) is 0 Å². The molecule has 0 aromatic rings. The second-order valence-corrected chi connectivity index (χ2v) is 3.67. The van der Waals surface area contributed by atoms with Gasteiger partial charge in [0.1, 0.15) is 6.10 Å². The zero-order valence-corrected chi connectivity index (χ0v) is 9.17. The third-order valence-corrected chi connectivity index (χ3v) is 2.70. The van der Waals surface area contributed by atoms with Crippen molar-refractivity contribution in [1.82, 2.24) is 0 Å². The van der Waals surface area contributed by atoms with Crippen molar-refractivity contribution in [1.29, 1.82) is 0 Å². The molecule has 13 heavy (non-hydrogen) atoms. The van der Waals surface area contributed by atoms with Gasteiger partial charge in [-0.15, -0.1) is 0 Å². The molecule has 0 aliphatic rings. The number of hydrogen-bond acceptors (Lipinski definition) is 2. The van der Waals surface area contributed by atoms with Gasteiger partial charge in [0.05, 0.1) is 0 Å². The van der Waals surface area contributed by atoms with E-state index in [1.165, 1.54) is 0 Å². The predicted octanol–water partition coefficient (Wildman–Crippen LogP) is 2.82. The highest BCUT2D eigenvalue weighted by molar-refractivity contribution is 5.69. The van der Waals surface area contributed by atoms with E-state index in [0.29, 0.717) is 18.3 Å². The molecule has 0 aliphatic carbocycles. The van der Waals surface area contributed by atoms with Gasteiger partial charge in [0.25, 0.3) is 0 Å². The highest BCUT2D eigenvalue weighted by Gasteiger charge is 2.20. The summed E-state index contributed by atoms with van der Waals surface area (Å²) in [7, 11) is 0. The molecule has 2 nitrogen and oxygen atoms in total. The number of carbonyl (C=O) groups excluding carboxylic acids is 1. The van der Waals surface area contributed by atoms with Gasteiger partial charge >= 0.3 is 5.97 Å². The van der Waals surface area contributed by atoms with Crippen LogP contribution in [0.4, 0.5) is 0 Å². The van der Waals surface area contributed by atoms with Crippen molar-refractivity contribution < 1.29 is 9.53 Å². The summed E-state index contributed by atoms with van der Waals surface area (Å²) >= 11 is 0. The van der Waals surface area contributed by atoms with E-state index >= 15 is 0 Å². The molecule has 77 valence electrons. The molecule has 0 saturated carbocycles. The van der Waals surface area contributed by atoms with Crippen LogP contribution in [0.3, 0.4) is 0 Å². The first-order chi connectivity index (χ1) is 6.02. The molecule has 0 saturated heterocycles. The topological polar surface area (TPSA) is 26.3 Å². The summed E-state index contributed by atoms with van der Waals surface area (Å²) in [5.74, 6) is 0.767. The summed E-state index contributed by atoms with van der Waals surface area (Å²) in [6.07, 6.45) is 1.34. The lowest BCUT2D eigenvalue weighted by atomic mass is 9.89. The highest BCUT2D eigenvalue weighted by Crippen LogP contribution is 2.20. The van der Waals surface area contributed by atoms with Gasteiger partial charge in [-0.25, -0.2) is 0 Å². The van der Waals surface area contributed by atoms with Gasteiger partial charge in [0.15, 0.2) is 0 Å². The molecule has 0 bridgehead atoms. The Morgan fingerprint density at radius 2 is 1.92 bits per heavy atom. The Balaban J connectivity index is 3.95. The second kappa shape index (κ2) is 6.01. The molecule has 2 heteroatoms. The van der Waals surface area contributed by atoms with E-state index in [9.17, 15) is 4.79 Å². The SMILES string of the molecule is [CH2]CC(C)C(C)C(C)OC(=O)CC. The van der Waals surface area contributed by atoms with E-state index < -0.39 is 0 Å². The molecule has 0 rings (SSSR count). The van der Waals surface area contributed by atoms with Crippen LogP contribution in [-0.4, -0.2) is 12.1 Å². The molecule has 0 aliphatic heterocycles. The monoisotopic (exact) mass is 185 g/mol. The average Bonchev–Trinajstić information content (AvgIpc) is 2.14. The minimum absolute atomic E-state index is 0.00389. The van der Waals surface area contributed by atoms with Crippen molar-refractivity contribution in [3.8, 4) is 0 Å². The Morgan fingerprint density at radius 1 is 1.38 bits per heavy atom. The number of ether oxygens (including phenoxy) is 1. The average molecular weight is 185 g/mol. The molecule has 0 heterocycles. The number of esters is 1. The number of carbonyl (C=O) groups is 1. The molecule has 0 aromatic carbocycles. The Hall–Kier alpha value is -0.530. The van der Waals surface area contributed by atoms with Crippen molar-refractivity contribution in [2.75, 3.05) is 0 Å². The van der Waals surface area contributed by atoms with Crippen LogP contribution in [0.1, 0.15) is 40.5 Å². The molecule has 0 amide bonds.